The Morgan fingerprint density at radius 2 is 0.759 bits per heavy atom. The van der Waals surface area contributed by atoms with Gasteiger partial charge in [-0.25, -0.2) is 0 Å². The van der Waals surface area contributed by atoms with Crippen molar-refractivity contribution in [3.05, 3.63) is 97.2 Å². The molecule has 0 aliphatic rings. The molecule has 0 saturated heterocycles. The third kappa shape index (κ3) is 43.5. The van der Waals surface area contributed by atoms with Gasteiger partial charge in [-0.3, -0.25) is 14.4 Å². The topological polar surface area (TPSA) is 78.9 Å². The molecule has 0 saturated carbocycles. The predicted octanol–water partition coefficient (Wildman–Crippen LogP) is 15.0. The first-order chi connectivity index (χ1) is 28.5. The maximum atomic E-state index is 12.7. The molecule has 1 atom stereocenters. The smallest absolute Gasteiger partial charge is 0.306 e. The molecule has 0 fully saturated rings. The van der Waals surface area contributed by atoms with Crippen LogP contribution in [0.15, 0.2) is 97.2 Å². The van der Waals surface area contributed by atoms with E-state index >= 15 is 0 Å². The number of esters is 3. The number of rotatable bonds is 40. The van der Waals surface area contributed by atoms with Crippen LogP contribution >= 0.6 is 0 Å². The van der Waals surface area contributed by atoms with E-state index in [1.54, 1.807) is 0 Å². The average molecular weight is 805 g/mol. The summed E-state index contributed by atoms with van der Waals surface area (Å²) in [6, 6.07) is 0. The average Bonchev–Trinajstić information content (AvgIpc) is 3.22. The summed E-state index contributed by atoms with van der Waals surface area (Å²) in [6.45, 7) is 6.27. The summed E-state index contributed by atoms with van der Waals surface area (Å²) in [6.07, 6.45) is 59.7. The Morgan fingerprint density at radius 3 is 1.31 bits per heavy atom. The van der Waals surface area contributed by atoms with Crippen molar-refractivity contribution in [2.75, 3.05) is 13.2 Å². The summed E-state index contributed by atoms with van der Waals surface area (Å²) in [7, 11) is 0. The van der Waals surface area contributed by atoms with E-state index < -0.39 is 6.10 Å². The number of hydrogen-bond acceptors (Lipinski definition) is 6. The van der Waals surface area contributed by atoms with Crippen LogP contribution in [0.2, 0.25) is 0 Å². The first kappa shape index (κ1) is 54.3. The number of carbonyl (C=O) groups is 3. The first-order valence-corrected chi connectivity index (χ1v) is 23.3. The Bertz CT molecular complexity index is 1200. The van der Waals surface area contributed by atoms with E-state index in [4.69, 9.17) is 14.2 Å². The molecule has 6 heteroatoms. The third-order valence-corrected chi connectivity index (χ3v) is 9.43. The number of ether oxygens (including phenoxy) is 3. The Labute approximate surface area is 356 Å². The molecule has 0 aromatic heterocycles. The van der Waals surface area contributed by atoms with Gasteiger partial charge in [0.2, 0.25) is 0 Å². The molecule has 0 heterocycles. The van der Waals surface area contributed by atoms with Gasteiger partial charge in [0.1, 0.15) is 13.2 Å². The highest BCUT2D eigenvalue weighted by atomic mass is 16.6. The van der Waals surface area contributed by atoms with Crippen LogP contribution < -0.4 is 0 Å². The fraction of sp³-hybridized carbons (Fsp3) is 0.635. The largest absolute Gasteiger partial charge is 0.462 e. The van der Waals surface area contributed by atoms with E-state index in [2.05, 4.69) is 93.7 Å². The molecule has 0 aromatic rings. The molecule has 0 aromatic carbocycles. The molecule has 1 unspecified atom stereocenters. The Hall–Kier alpha value is -3.67. The SMILES string of the molecule is CC\C=C/C=C\C=C/C=C\CCCCCCCC(=O)OC(COC(=O)CCCC/C=C\C/C=C\CC)COC(=O)CCCCC/C=C\C=C/CCCCCCCCC. The fourth-order valence-corrected chi connectivity index (χ4v) is 5.95. The van der Waals surface area contributed by atoms with E-state index in [1.807, 2.05) is 24.3 Å². The van der Waals surface area contributed by atoms with Gasteiger partial charge >= 0.3 is 17.9 Å². The zero-order valence-electron chi connectivity index (χ0n) is 37.3. The molecule has 58 heavy (non-hydrogen) atoms. The van der Waals surface area contributed by atoms with Gasteiger partial charge in [0.25, 0.3) is 0 Å². The third-order valence-electron chi connectivity index (χ3n) is 9.43. The molecule has 0 aliphatic carbocycles. The Morgan fingerprint density at radius 1 is 0.379 bits per heavy atom. The number of allylic oxidation sites excluding steroid dienone is 16. The summed E-state index contributed by atoms with van der Waals surface area (Å²) in [5.74, 6) is -1.01. The van der Waals surface area contributed by atoms with Crippen LogP contribution in [0.5, 0.6) is 0 Å². The van der Waals surface area contributed by atoms with Gasteiger partial charge in [-0.15, -0.1) is 0 Å². The predicted molar refractivity (Wildman–Crippen MR) is 247 cm³/mol. The summed E-state index contributed by atoms with van der Waals surface area (Å²) in [5.41, 5.74) is 0. The zero-order valence-corrected chi connectivity index (χ0v) is 37.3. The maximum absolute atomic E-state index is 12.7. The summed E-state index contributed by atoms with van der Waals surface area (Å²) in [5, 5.41) is 0. The van der Waals surface area contributed by atoms with E-state index in [1.165, 1.54) is 44.9 Å². The summed E-state index contributed by atoms with van der Waals surface area (Å²) in [4.78, 5) is 37.7. The number of hydrogen-bond donors (Lipinski definition) is 0. The molecule has 0 bridgehead atoms. The van der Waals surface area contributed by atoms with Crippen molar-refractivity contribution in [1.29, 1.82) is 0 Å². The molecular formula is C52H84O6. The van der Waals surface area contributed by atoms with Crippen molar-refractivity contribution in [3.8, 4) is 0 Å². The lowest BCUT2D eigenvalue weighted by Gasteiger charge is -2.18. The standard InChI is InChI=1S/C52H84O6/c1-4-7-10-13-16-19-21-23-25-27-28-30-33-36-39-42-45-51(54)57-48-49(47-56-50(53)44-41-38-35-32-18-15-12-9-6-3)58-52(55)46-43-40-37-34-31-29-26-24-22-20-17-14-11-8-5-2/h8-9,11-12,14,17-18,20,22,24-28,30,32,49H,4-7,10,13,15-16,19,21,23,29,31,33-48H2,1-3H3/b11-8-,12-9-,17-14-,22-20-,26-24-,27-25-,30-28-,32-18-. The quantitative estimate of drug-likeness (QED) is 0.0202. The van der Waals surface area contributed by atoms with Gasteiger partial charge in [-0.2, -0.15) is 0 Å². The Kier molecular flexibility index (Phi) is 43.1. The van der Waals surface area contributed by atoms with Crippen molar-refractivity contribution in [1.82, 2.24) is 0 Å². The second-order valence-corrected chi connectivity index (χ2v) is 15.0. The van der Waals surface area contributed by atoms with E-state index in [-0.39, 0.29) is 37.5 Å². The highest BCUT2D eigenvalue weighted by Crippen LogP contribution is 2.12. The summed E-state index contributed by atoms with van der Waals surface area (Å²) >= 11 is 0. The minimum Gasteiger partial charge on any atom is -0.462 e. The van der Waals surface area contributed by atoms with Crippen LogP contribution in [0.1, 0.15) is 194 Å². The molecule has 0 rings (SSSR count). The van der Waals surface area contributed by atoms with Gasteiger partial charge in [0.05, 0.1) is 0 Å². The van der Waals surface area contributed by atoms with Gasteiger partial charge in [0, 0.05) is 19.3 Å². The van der Waals surface area contributed by atoms with Crippen LogP contribution in [-0.4, -0.2) is 37.2 Å². The molecule has 0 spiro atoms. The van der Waals surface area contributed by atoms with Crippen molar-refractivity contribution >= 4 is 17.9 Å². The van der Waals surface area contributed by atoms with Gasteiger partial charge in [-0.05, 0) is 89.9 Å². The van der Waals surface area contributed by atoms with Gasteiger partial charge in [0.15, 0.2) is 6.10 Å². The van der Waals surface area contributed by atoms with E-state index in [0.29, 0.717) is 12.8 Å². The molecule has 0 aliphatic heterocycles. The second-order valence-electron chi connectivity index (χ2n) is 15.0. The normalized spacial score (nSPS) is 12.9. The van der Waals surface area contributed by atoms with Crippen LogP contribution in [0.3, 0.4) is 0 Å². The first-order valence-electron chi connectivity index (χ1n) is 23.3. The lowest BCUT2D eigenvalue weighted by Crippen LogP contribution is -2.30. The molecule has 0 N–H and O–H groups in total. The van der Waals surface area contributed by atoms with Crippen molar-refractivity contribution in [2.24, 2.45) is 0 Å². The zero-order chi connectivity index (χ0) is 42.3. The van der Waals surface area contributed by atoms with E-state index in [9.17, 15) is 14.4 Å². The van der Waals surface area contributed by atoms with Crippen LogP contribution in [0, 0.1) is 0 Å². The molecular weight excluding hydrogens is 721 g/mol. The summed E-state index contributed by atoms with van der Waals surface area (Å²) < 4.78 is 16.6. The van der Waals surface area contributed by atoms with Crippen molar-refractivity contribution < 1.29 is 28.6 Å². The fourth-order valence-electron chi connectivity index (χ4n) is 5.95. The number of carbonyl (C=O) groups excluding carboxylic acids is 3. The van der Waals surface area contributed by atoms with Crippen molar-refractivity contribution in [2.45, 2.75) is 200 Å². The minimum absolute atomic E-state index is 0.113. The highest BCUT2D eigenvalue weighted by Gasteiger charge is 2.19. The second kappa shape index (κ2) is 46.0. The van der Waals surface area contributed by atoms with Crippen molar-refractivity contribution in [3.63, 3.8) is 0 Å². The van der Waals surface area contributed by atoms with Gasteiger partial charge in [-0.1, -0.05) is 182 Å². The lowest BCUT2D eigenvalue weighted by molar-refractivity contribution is -0.167. The Balaban J connectivity index is 4.48. The maximum Gasteiger partial charge on any atom is 0.306 e. The lowest BCUT2D eigenvalue weighted by atomic mass is 10.1. The van der Waals surface area contributed by atoms with Gasteiger partial charge < -0.3 is 14.2 Å². The number of unbranched alkanes of at least 4 members (excludes halogenated alkanes) is 17. The van der Waals surface area contributed by atoms with E-state index in [0.717, 1.165) is 109 Å². The molecule has 328 valence electrons. The molecule has 0 radical (unpaired) electrons. The molecule has 6 nitrogen and oxygen atoms in total. The molecule has 0 amide bonds. The van der Waals surface area contributed by atoms with Crippen LogP contribution in [0.4, 0.5) is 0 Å². The highest BCUT2D eigenvalue weighted by molar-refractivity contribution is 5.71. The monoisotopic (exact) mass is 805 g/mol. The minimum atomic E-state index is -0.812. The van der Waals surface area contributed by atoms with Crippen LogP contribution in [-0.2, 0) is 28.6 Å². The van der Waals surface area contributed by atoms with Crippen LogP contribution in [0.25, 0.3) is 0 Å².